The van der Waals surface area contributed by atoms with Crippen molar-refractivity contribution in [3.05, 3.63) is 47.5 Å². The highest BCUT2D eigenvalue weighted by molar-refractivity contribution is 5.80. The molecule has 7 heteroatoms. The minimum Gasteiger partial charge on any atom is -0.385 e. The lowest BCUT2D eigenvalue weighted by Crippen LogP contribution is -2.45. The lowest BCUT2D eigenvalue weighted by molar-refractivity contribution is 0.196. The van der Waals surface area contributed by atoms with Gasteiger partial charge in [0.15, 0.2) is 5.96 Å². The molecule has 0 unspecified atom stereocenters. The monoisotopic (exact) mass is 370 g/mol. The number of methoxy groups -OCH3 is 1. The Bertz CT molecular complexity index is 742. The van der Waals surface area contributed by atoms with Crippen molar-refractivity contribution in [1.29, 1.82) is 0 Å². The topological polar surface area (TPSA) is 67.6 Å². The van der Waals surface area contributed by atoms with Gasteiger partial charge in [0.1, 0.15) is 12.2 Å². The maximum Gasteiger partial charge on any atom is 0.194 e. The second-order valence-electron chi connectivity index (χ2n) is 6.71. The van der Waals surface area contributed by atoms with Crippen molar-refractivity contribution in [2.24, 2.45) is 4.99 Å². The van der Waals surface area contributed by atoms with Crippen LogP contribution in [0.15, 0.2) is 35.6 Å². The number of ether oxygens (including phenoxy) is 1. The van der Waals surface area contributed by atoms with Crippen LogP contribution in [-0.4, -0.2) is 59.0 Å². The maximum atomic E-state index is 5.15. The second-order valence-corrected chi connectivity index (χ2v) is 6.71. The molecule has 2 aromatic rings. The lowest BCUT2D eigenvalue weighted by atomic mass is 10.0. The number of aromatic nitrogens is 3. The smallest absolute Gasteiger partial charge is 0.194 e. The SMILES string of the molecule is CCc1nncn1CCNC(=NCCCOC)N1CCc2ccccc2C1. The van der Waals surface area contributed by atoms with Crippen molar-refractivity contribution in [3.8, 4) is 0 Å². The summed E-state index contributed by atoms with van der Waals surface area (Å²) >= 11 is 0. The summed E-state index contributed by atoms with van der Waals surface area (Å²) in [5.74, 6) is 1.99. The van der Waals surface area contributed by atoms with Gasteiger partial charge in [-0.2, -0.15) is 0 Å². The molecule has 0 saturated carbocycles. The van der Waals surface area contributed by atoms with E-state index in [0.717, 1.165) is 70.4 Å². The summed E-state index contributed by atoms with van der Waals surface area (Å²) in [5, 5.41) is 11.7. The number of guanidine groups is 1. The fraction of sp³-hybridized carbons (Fsp3) is 0.550. The van der Waals surface area contributed by atoms with Gasteiger partial charge in [0.25, 0.3) is 0 Å². The van der Waals surface area contributed by atoms with E-state index in [1.807, 2.05) is 0 Å². The van der Waals surface area contributed by atoms with Crippen LogP contribution in [0, 0.1) is 0 Å². The zero-order chi connectivity index (χ0) is 18.9. The van der Waals surface area contributed by atoms with Crippen molar-refractivity contribution in [3.63, 3.8) is 0 Å². The van der Waals surface area contributed by atoms with Crippen molar-refractivity contribution < 1.29 is 4.74 Å². The minimum atomic E-state index is 0.736. The summed E-state index contributed by atoms with van der Waals surface area (Å²) in [6, 6.07) is 8.68. The van der Waals surface area contributed by atoms with Crippen LogP contribution in [0.25, 0.3) is 0 Å². The molecule has 1 N–H and O–H groups in total. The number of aryl methyl sites for hydroxylation is 1. The summed E-state index contributed by atoms with van der Waals surface area (Å²) in [6.45, 7) is 7.12. The van der Waals surface area contributed by atoms with E-state index in [1.165, 1.54) is 11.1 Å². The van der Waals surface area contributed by atoms with Crippen LogP contribution in [0.3, 0.4) is 0 Å². The number of nitrogens with zero attached hydrogens (tertiary/aromatic N) is 5. The van der Waals surface area contributed by atoms with Crippen molar-refractivity contribution >= 4 is 5.96 Å². The van der Waals surface area contributed by atoms with Gasteiger partial charge in [0, 0.05) is 52.9 Å². The Morgan fingerprint density at radius 3 is 2.96 bits per heavy atom. The Morgan fingerprint density at radius 1 is 1.30 bits per heavy atom. The van der Waals surface area contributed by atoms with Crippen molar-refractivity contribution in [2.75, 3.05) is 33.4 Å². The van der Waals surface area contributed by atoms with Crippen molar-refractivity contribution in [2.45, 2.75) is 39.3 Å². The van der Waals surface area contributed by atoms with E-state index in [4.69, 9.17) is 9.73 Å². The summed E-state index contributed by atoms with van der Waals surface area (Å²) < 4.78 is 7.25. The van der Waals surface area contributed by atoms with Gasteiger partial charge in [0.05, 0.1) is 0 Å². The third-order valence-electron chi connectivity index (χ3n) is 4.85. The van der Waals surface area contributed by atoms with Crippen LogP contribution >= 0.6 is 0 Å². The van der Waals surface area contributed by atoms with Crippen LogP contribution in [0.5, 0.6) is 0 Å². The van der Waals surface area contributed by atoms with Gasteiger partial charge in [-0.1, -0.05) is 31.2 Å². The number of fused-ring (bicyclic) bond motifs is 1. The van der Waals surface area contributed by atoms with Crippen LogP contribution < -0.4 is 5.32 Å². The van der Waals surface area contributed by atoms with Gasteiger partial charge in [-0.15, -0.1) is 10.2 Å². The first kappa shape index (κ1) is 19.4. The molecule has 1 aliphatic heterocycles. The van der Waals surface area contributed by atoms with Gasteiger partial charge in [-0.25, -0.2) is 0 Å². The molecule has 27 heavy (non-hydrogen) atoms. The van der Waals surface area contributed by atoms with E-state index in [-0.39, 0.29) is 0 Å². The largest absolute Gasteiger partial charge is 0.385 e. The zero-order valence-electron chi connectivity index (χ0n) is 16.4. The standard InChI is InChI=1S/C20H30N6O/c1-3-19-24-23-16-26(19)13-11-22-20(21-10-6-14-27-2)25-12-9-17-7-4-5-8-18(17)15-25/h4-5,7-8,16H,3,6,9-15H2,1-2H3,(H,21,22). The molecule has 1 aliphatic rings. The number of aliphatic imine (C=N–C) groups is 1. The Kier molecular flexibility index (Phi) is 7.21. The summed E-state index contributed by atoms with van der Waals surface area (Å²) in [5.41, 5.74) is 2.84. The van der Waals surface area contributed by atoms with Crippen LogP contribution in [0.1, 0.15) is 30.3 Å². The Balaban J connectivity index is 1.62. The lowest BCUT2D eigenvalue weighted by Gasteiger charge is -2.32. The van der Waals surface area contributed by atoms with Gasteiger partial charge in [0.2, 0.25) is 0 Å². The number of hydrogen-bond donors (Lipinski definition) is 1. The average molecular weight is 371 g/mol. The van der Waals surface area contributed by atoms with E-state index in [1.54, 1.807) is 13.4 Å². The fourth-order valence-electron chi connectivity index (χ4n) is 3.37. The number of rotatable bonds is 8. The summed E-state index contributed by atoms with van der Waals surface area (Å²) in [4.78, 5) is 7.18. The molecular weight excluding hydrogens is 340 g/mol. The third kappa shape index (κ3) is 5.29. The van der Waals surface area contributed by atoms with Crippen LogP contribution in [0.2, 0.25) is 0 Å². The molecule has 0 radical (unpaired) electrons. The molecule has 0 spiro atoms. The molecule has 0 saturated heterocycles. The Hall–Kier alpha value is -2.41. The normalized spacial score (nSPS) is 14.3. The summed E-state index contributed by atoms with van der Waals surface area (Å²) in [7, 11) is 1.73. The van der Waals surface area contributed by atoms with Gasteiger partial charge < -0.3 is 19.5 Å². The molecule has 0 aliphatic carbocycles. The van der Waals surface area contributed by atoms with Gasteiger partial charge in [-0.3, -0.25) is 4.99 Å². The number of benzene rings is 1. The molecule has 2 heterocycles. The molecule has 146 valence electrons. The Morgan fingerprint density at radius 2 is 2.15 bits per heavy atom. The predicted octanol–water partition coefficient (Wildman–Crippen LogP) is 1.88. The quantitative estimate of drug-likeness (QED) is 0.437. The number of nitrogens with one attached hydrogen (secondary N) is 1. The van der Waals surface area contributed by atoms with E-state index < -0.39 is 0 Å². The molecule has 3 rings (SSSR count). The maximum absolute atomic E-state index is 5.15. The fourth-order valence-corrected chi connectivity index (χ4v) is 3.37. The number of hydrogen-bond acceptors (Lipinski definition) is 4. The Labute approximate surface area is 161 Å². The first-order valence-electron chi connectivity index (χ1n) is 9.77. The molecular formula is C20H30N6O. The van der Waals surface area contributed by atoms with E-state index in [2.05, 4.69) is 56.2 Å². The molecule has 0 atom stereocenters. The highest BCUT2D eigenvalue weighted by Crippen LogP contribution is 2.18. The third-order valence-corrected chi connectivity index (χ3v) is 4.85. The van der Waals surface area contributed by atoms with Gasteiger partial charge >= 0.3 is 0 Å². The van der Waals surface area contributed by atoms with E-state index in [9.17, 15) is 0 Å². The second kappa shape index (κ2) is 10.1. The van der Waals surface area contributed by atoms with Crippen LogP contribution in [0.4, 0.5) is 0 Å². The molecule has 0 amide bonds. The first-order chi connectivity index (χ1) is 13.3. The molecule has 0 fully saturated rings. The van der Waals surface area contributed by atoms with E-state index >= 15 is 0 Å². The van der Waals surface area contributed by atoms with E-state index in [0.29, 0.717) is 0 Å². The summed E-state index contributed by atoms with van der Waals surface area (Å²) in [6.07, 6.45) is 4.67. The molecule has 0 bridgehead atoms. The minimum absolute atomic E-state index is 0.736. The van der Waals surface area contributed by atoms with Gasteiger partial charge in [-0.05, 0) is 24.0 Å². The molecule has 1 aromatic heterocycles. The predicted molar refractivity (Wildman–Crippen MR) is 107 cm³/mol. The molecule has 1 aromatic carbocycles. The highest BCUT2D eigenvalue weighted by Gasteiger charge is 2.18. The average Bonchev–Trinajstić information content (AvgIpc) is 3.17. The highest BCUT2D eigenvalue weighted by atomic mass is 16.5. The molecule has 7 nitrogen and oxygen atoms in total. The first-order valence-corrected chi connectivity index (χ1v) is 9.77. The van der Waals surface area contributed by atoms with Crippen LogP contribution in [-0.2, 0) is 30.7 Å². The van der Waals surface area contributed by atoms with Crippen molar-refractivity contribution in [1.82, 2.24) is 25.0 Å². The zero-order valence-corrected chi connectivity index (χ0v) is 16.4.